The van der Waals surface area contributed by atoms with Crippen LogP contribution in [0, 0.1) is 0 Å². The van der Waals surface area contributed by atoms with Crippen molar-refractivity contribution in [2.24, 2.45) is 0 Å². The summed E-state index contributed by atoms with van der Waals surface area (Å²) in [7, 11) is 0. The standard InChI is InChI=1S/C20H13Cl2N5O.ClH/c21-13-5-7-14(8-6-13)27-11-17(20(28)26-18-9-10-23-12-24-18)25-19(27)15-3-1-2-4-16(15)22;/h1-12H,(H,23,24,26,28);1H. The van der Waals surface area contributed by atoms with Crippen LogP contribution in [0.3, 0.4) is 0 Å². The molecule has 2 aromatic heterocycles. The molecule has 146 valence electrons. The number of rotatable bonds is 4. The Labute approximate surface area is 183 Å². The summed E-state index contributed by atoms with van der Waals surface area (Å²) in [6.45, 7) is 0. The van der Waals surface area contributed by atoms with Crippen LogP contribution < -0.4 is 5.32 Å². The summed E-state index contributed by atoms with van der Waals surface area (Å²) in [6.07, 6.45) is 4.56. The normalized spacial score (nSPS) is 10.3. The van der Waals surface area contributed by atoms with Crippen LogP contribution in [0.2, 0.25) is 10.0 Å². The highest BCUT2D eigenvalue weighted by Gasteiger charge is 2.18. The monoisotopic (exact) mass is 445 g/mol. The number of aromatic nitrogens is 4. The Morgan fingerprint density at radius 3 is 2.45 bits per heavy atom. The van der Waals surface area contributed by atoms with Gasteiger partial charge in [0.15, 0.2) is 0 Å². The molecule has 9 heteroatoms. The van der Waals surface area contributed by atoms with Crippen molar-refractivity contribution in [2.45, 2.75) is 0 Å². The van der Waals surface area contributed by atoms with Crippen LogP contribution in [0.4, 0.5) is 5.82 Å². The zero-order chi connectivity index (χ0) is 19.5. The smallest absolute Gasteiger partial charge is 0.277 e. The molecule has 4 rings (SSSR count). The van der Waals surface area contributed by atoms with Gasteiger partial charge in [-0.2, -0.15) is 0 Å². The summed E-state index contributed by atoms with van der Waals surface area (Å²) in [5.74, 6) is 0.542. The van der Waals surface area contributed by atoms with Gasteiger partial charge in [-0.1, -0.05) is 35.3 Å². The van der Waals surface area contributed by atoms with Crippen molar-refractivity contribution in [2.75, 3.05) is 5.32 Å². The summed E-state index contributed by atoms with van der Waals surface area (Å²) in [5.41, 5.74) is 1.73. The minimum Gasteiger partial charge on any atom is -0.305 e. The Balaban J connectivity index is 0.00000240. The Kier molecular flexibility index (Phi) is 6.49. The average molecular weight is 447 g/mol. The van der Waals surface area contributed by atoms with Gasteiger partial charge in [0.1, 0.15) is 23.7 Å². The van der Waals surface area contributed by atoms with Gasteiger partial charge in [0, 0.05) is 28.7 Å². The van der Waals surface area contributed by atoms with Crippen LogP contribution in [0.15, 0.2) is 73.3 Å². The second-order valence-electron chi connectivity index (χ2n) is 5.82. The molecule has 1 N–H and O–H groups in total. The summed E-state index contributed by atoms with van der Waals surface area (Å²) in [6, 6.07) is 16.2. The lowest BCUT2D eigenvalue weighted by atomic mass is 10.2. The molecule has 0 spiro atoms. The van der Waals surface area contributed by atoms with Crippen LogP contribution in [0.5, 0.6) is 0 Å². The number of hydrogen-bond acceptors (Lipinski definition) is 4. The number of carbonyl (C=O) groups is 1. The van der Waals surface area contributed by atoms with Gasteiger partial charge in [0.2, 0.25) is 0 Å². The lowest BCUT2D eigenvalue weighted by Crippen LogP contribution is -2.13. The van der Waals surface area contributed by atoms with Gasteiger partial charge in [-0.05, 0) is 42.5 Å². The molecule has 6 nitrogen and oxygen atoms in total. The minimum absolute atomic E-state index is 0. The first kappa shape index (κ1) is 20.8. The predicted molar refractivity (Wildman–Crippen MR) is 116 cm³/mol. The van der Waals surface area contributed by atoms with E-state index in [1.54, 1.807) is 41.2 Å². The summed E-state index contributed by atoms with van der Waals surface area (Å²) in [5, 5.41) is 3.85. The highest BCUT2D eigenvalue weighted by molar-refractivity contribution is 6.33. The molecule has 0 aliphatic heterocycles. The molecule has 4 aromatic rings. The number of nitrogens with zero attached hydrogens (tertiary/aromatic N) is 4. The van der Waals surface area contributed by atoms with Crippen LogP contribution in [-0.4, -0.2) is 25.4 Å². The Hall–Kier alpha value is -2.93. The van der Waals surface area contributed by atoms with Crippen molar-refractivity contribution in [1.82, 2.24) is 19.5 Å². The maximum atomic E-state index is 12.7. The van der Waals surface area contributed by atoms with E-state index < -0.39 is 0 Å². The van der Waals surface area contributed by atoms with E-state index in [-0.39, 0.29) is 24.0 Å². The number of hydrogen-bond donors (Lipinski definition) is 1. The molecular formula is C20H14Cl3N5O. The van der Waals surface area contributed by atoms with Gasteiger partial charge in [-0.25, -0.2) is 15.0 Å². The third kappa shape index (κ3) is 4.56. The zero-order valence-corrected chi connectivity index (χ0v) is 17.1. The van der Waals surface area contributed by atoms with E-state index in [0.29, 0.717) is 27.3 Å². The molecule has 1 amide bonds. The van der Waals surface area contributed by atoms with Gasteiger partial charge in [-0.3, -0.25) is 9.36 Å². The summed E-state index contributed by atoms with van der Waals surface area (Å²) < 4.78 is 1.80. The molecule has 0 saturated carbocycles. The molecule has 0 bridgehead atoms. The Morgan fingerprint density at radius 2 is 1.76 bits per heavy atom. The number of benzene rings is 2. The van der Waals surface area contributed by atoms with Gasteiger partial charge in [-0.15, -0.1) is 12.4 Å². The van der Waals surface area contributed by atoms with E-state index in [1.807, 2.05) is 30.3 Å². The maximum absolute atomic E-state index is 12.7. The maximum Gasteiger partial charge on any atom is 0.277 e. The number of halogens is 3. The highest BCUT2D eigenvalue weighted by atomic mass is 35.5. The van der Waals surface area contributed by atoms with Gasteiger partial charge >= 0.3 is 0 Å². The van der Waals surface area contributed by atoms with E-state index in [0.717, 1.165) is 5.69 Å². The van der Waals surface area contributed by atoms with Crippen LogP contribution in [0.1, 0.15) is 10.5 Å². The van der Waals surface area contributed by atoms with E-state index in [2.05, 4.69) is 20.3 Å². The van der Waals surface area contributed by atoms with Gasteiger partial charge in [0.25, 0.3) is 5.91 Å². The summed E-state index contributed by atoms with van der Waals surface area (Å²) >= 11 is 12.4. The number of imidazole rings is 1. The van der Waals surface area contributed by atoms with E-state index in [1.165, 1.54) is 6.33 Å². The molecule has 0 fully saturated rings. The Morgan fingerprint density at radius 1 is 1.00 bits per heavy atom. The predicted octanol–water partition coefficient (Wildman–Crippen LogP) is 5.31. The van der Waals surface area contributed by atoms with Crippen molar-refractivity contribution in [3.05, 3.63) is 89.1 Å². The molecule has 2 heterocycles. The van der Waals surface area contributed by atoms with Crippen molar-refractivity contribution >= 4 is 47.3 Å². The second kappa shape index (κ2) is 9.05. The summed E-state index contributed by atoms with van der Waals surface area (Å²) in [4.78, 5) is 25.0. The second-order valence-corrected chi connectivity index (χ2v) is 6.67. The van der Waals surface area contributed by atoms with Crippen LogP contribution in [-0.2, 0) is 0 Å². The van der Waals surface area contributed by atoms with E-state index in [4.69, 9.17) is 23.2 Å². The van der Waals surface area contributed by atoms with Gasteiger partial charge < -0.3 is 5.32 Å². The van der Waals surface area contributed by atoms with Crippen molar-refractivity contribution in [3.8, 4) is 17.1 Å². The molecule has 29 heavy (non-hydrogen) atoms. The first-order chi connectivity index (χ1) is 13.6. The fourth-order valence-corrected chi connectivity index (χ4v) is 3.01. The average Bonchev–Trinajstić information content (AvgIpc) is 3.15. The molecule has 0 unspecified atom stereocenters. The molecule has 2 aromatic carbocycles. The van der Waals surface area contributed by atoms with Crippen LogP contribution in [0.25, 0.3) is 17.1 Å². The zero-order valence-electron chi connectivity index (χ0n) is 14.8. The highest BCUT2D eigenvalue weighted by Crippen LogP contribution is 2.29. The third-order valence-corrected chi connectivity index (χ3v) is 4.56. The largest absolute Gasteiger partial charge is 0.305 e. The molecule has 0 saturated heterocycles. The fourth-order valence-electron chi connectivity index (χ4n) is 2.67. The topological polar surface area (TPSA) is 72.7 Å². The fraction of sp³-hybridized carbons (Fsp3) is 0. The molecule has 0 aliphatic rings. The number of amides is 1. The first-order valence-electron chi connectivity index (χ1n) is 8.29. The third-order valence-electron chi connectivity index (χ3n) is 3.98. The molecular weight excluding hydrogens is 433 g/mol. The van der Waals surface area contributed by atoms with Gasteiger partial charge in [0.05, 0.1) is 5.02 Å². The lowest BCUT2D eigenvalue weighted by molar-refractivity contribution is 0.102. The van der Waals surface area contributed by atoms with Crippen LogP contribution >= 0.6 is 35.6 Å². The SMILES string of the molecule is Cl.O=C(Nc1ccncn1)c1cn(-c2ccc(Cl)cc2)c(-c2ccccc2Cl)n1. The van der Waals surface area contributed by atoms with Crippen molar-refractivity contribution in [1.29, 1.82) is 0 Å². The van der Waals surface area contributed by atoms with E-state index in [9.17, 15) is 4.79 Å². The minimum atomic E-state index is -0.389. The molecule has 0 atom stereocenters. The number of nitrogens with one attached hydrogen (secondary N) is 1. The lowest BCUT2D eigenvalue weighted by Gasteiger charge is -2.09. The van der Waals surface area contributed by atoms with E-state index >= 15 is 0 Å². The number of anilines is 1. The Bertz CT molecular complexity index is 1130. The molecule has 0 radical (unpaired) electrons. The molecule has 0 aliphatic carbocycles. The quantitative estimate of drug-likeness (QED) is 0.461. The first-order valence-corrected chi connectivity index (χ1v) is 9.05. The number of carbonyl (C=O) groups excluding carboxylic acids is 1. The van der Waals surface area contributed by atoms with Crippen molar-refractivity contribution < 1.29 is 4.79 Å². The van der Waals surface area contributed by atoms with Crippen molar-refractivity contribution in [3.63, 3.8) is 0 Å².